The summed E-state index contributed by atoms with van der Waals surface area (Å²) >= 11 is 0. The molecule has 2 saturated heterocycles. The van der Waals surface area contributed by atoms with Gasteiger partial charge in [-0.15, -0.1) is 0 Å². The van der Waals surface area contributed by atoms with Crippen molar-refractivity contribution in [3.63, 3.8) is 0 Å². The Balaban J connectivity index is 1.34. The molecule has 3 unspecified atom stereocenters. The van der Waals surface area contributed by atoms with Crippen LogP contribution in [0.25, 0.3) is 0 Å². The quantitative estimate of drug-likeness (QED) is 0.848. The largest absolute Gasteiger partial charge is 0.362 e. The second-order valence-electron chi connectivity index (χ2n) is 8.08. The lowest BCUT2D eigenvalue weighted by atomic mass is 9.80. The van der Waals surface area contributed by atoms with Gasteiger partial charge >= 0.3 is 0 Å². The maximum atomic E-state index is 13.5. The highest BCUT2D eigenvalue weighted by atomic mass is 19.2. The van der Waals surface area contributed by atoms with Gasteiger partial charge in [0.1, 0.15) is 6.10 Å². The number of ether oxygens (including phenoxy) is 1. The molecule has 1 N–H and O–H groups in total. The van der Waals surface area contributed by atoms with E-state index in [4.69, 9.17) is 4.74 Å². The van der Waals surface area contributed by atoms with Gasteiger partial charge < -0.3 is 10.1 Å². The number of aromatic nitrogens is 1. The van der Waals surface area contributed by atoms with E-state index in [1.807, 2.05) is 0 Å². The van der Waals surface area contributed by atoms with Crippen LogP contribution in [0.2, 0.25) is 0 Å². The van der Waals surface area contributed by atoms with Crippen molar-refractivity contribution in [3.05, 3.63) is 59.9 Å². The second kappa shape index (κ2) is 8.16. The van der Waals surface area contributed by atoms with Gasteiger partial charge in [0.15, 0.2) is 11.6 Å². The van der Waals surface area contributed by atoms with Crippen molar-refractivity contribution in [2.45, 2.75) is 44.4 Å². The summed E-state index contributed by atoms with van der Waals surface area (Å²) in [5, 5.41) is 2.87. The number of piperidine rings is 1. The van der Waals surface area contributed by atoms with E-state index < -0.39 is 17.7 Å². The third-order valence-electron chi connectivity index (χ3n) is 6.10. The zero-order chi connectivity index (χ0) is 20.4. The fourth-order valence-electron chi connectivity index (χ4n) is 4.45. The van der Waals surface area contributed by atoms with Crippen LogP contribution in [0.3, 0.4) is 0 Å². The lowest BCUT2D eigenvalue weighted by Gasteiger charge is -2.44. The van der Waals surface area contributed by atoms with Crippen molar-refractivity contribution in [3.8, 4) is 0 Å². The number of nitrogens with zero attached hydrogens (tertiary/aromatic N) is 2. The molecule has 29 heavy (non-hydrogen) atoms. The van der Waals surface area contributed by atoms with Crippen molar-refractivity contribution >= 4 is 11.6 Å². The molecule has 2 aliphatic heterocycles. The molecular weight excluding hydrogens is 376 g/mol. The van der Waals surface area contributed by atoms with Crippen LogP contribution in [0.5, 0.6) is 0 Å². The highest BCUT2D eigenvalue weighted by molar-refractivity contribution is 5.94. The van der Waals surface area contributed by atoms with E-state index in [2.05, 4.69) is 22.1 Å². The third kappa shape index (κ3) is 4.31. The Bertz CT molecular complexity index is 880. The summed E-state index contributed by atoms with van der Waals surface area (Å²) in [4.78, 5) is 18.8. The van der Waals surface area contributed by atoms with E-state index >= 15 is 0 Å². The molecule has 1 aromatic carbocycles. The topological polar surface area (TPSA) is 54.5 Å². The average Bonchev–Trinajstić information content (AvgIpc) is 3.14. The molecule has 1 spiro atoms. The number of anilines is 1. The van der Waals surface area contributed by atoms with Crippen LogP contribution >= 0.6 is 0 Å². The number of amides is 1. The lowest BCUT2D eigenvalue weighted by Crippen LogP contribution is -2.51. The predicted molar refractivity (Wildman–Crippen MR) is 105 cm³/mol. The van der Waals surface area contributed by atoms with Crippen LogP contribution < -0.4 is 5.32 Å². The summed E-state index contributed by atoms with van der Waals surface area (Å²) in [5.41, 5.74) is 1.12. The Kier molecular flexibility index (Phi) is 5.61. The number of carbonyl (C=O) groups excluding carboxylic acids is 1. The SMILES string of the molecule is CC1CN(Cc2ccc(F)c(F)c2)CCC12CCC(C(=O)Nc1cccnc1)O2. The van der Waals surface area contributed by atoms with Gasteiger partial charge in [-0.1, -0.05) is 13.0 Å². The first-order valence-electron chi connectivity index (χ1n) is 10.0. The number of rotatable bonds is 4. The Hall–Kier alpha value is -2.38. The Labute approximate surface area is 169 Å². The van der Waals surface area contributed by atoms with Gasteiger partial charge in [-0.25, -0.2) is 8.78 Å². The van der Waals surface area contributed by atoms with Crippen LogP contribution in [-0.2, 0) is 16.1 Å². The first-order valence-corrected chi connectivity index (χ1v) is 10.0. The number of halogens is 2. The highest BCUT2D eigenvalue weighted by Gasteiger charge is 2.48. The lowest BCUT2D eigenvalue weighted by molar-refractivity contribution is -0.143. The molecule has 0 saturated carbocycles. The van der Waals surface area contributed by atoms with Gasteiger partial charge in [-0.3, -0.25) is 14.7 Å². The number of pyridine rings is 1. The molecule has 2 aliphatic rings. The summed E-state index contributed by atoms with van der Waals surface area (Å²) in [5.74, 6) is -1.54. The number of benzene rings is 1. The average molecular weight is 401 g/mol. The molecule has 0 aliphatic carbocycles. The maximum Gasteiger partial charge on any atom is 0.253 e. The monoisotopic (exact) mass is 401 g/mol. The zero-order valence-electron chi connectivity index (χ0n) is 16.4. The Morgan fingerprint density at radius 3 is 2.90 bits per heavy atom. The van der Waals surface area contributed by atoms with Gasteiger partial charge in [0.2, 0.25) is 0 Å². The molecule has 154 valence electrons. The molecule has 2 aromatic rings. The maximum absolute atomic E-state index is 13.5. The minimum Gasteiger partial charge on any atom is -0.362 e. The minimum atomic E-state index is -0.824. The fourth-order valence-corrected chi connectivity index (χ4v) is 4.45. The smallest absolute Gasteiger partial charge is 0.253 e. The van der Waals surface area contributed by atoms with Gasteiger partial charge in [-0.05, 0) is 55.0 Å². The summed E-state index contributed by atoms with van der Waals surface area (Å²) in [6, 6.07) is 7.63. The molecule has 1 aromatic heterocycles. The number of likely N-dealkylation sites (tertiary alicyclic amines) is 1. The molecule has 5 nitrogen and oxygen atoms in total. The minimum absolute atomic E-state index is 0.133. The van der Waals surface area contributed by atoms with Crippen LogP contribution in [0.1, 0.15) is 31.7 Å². The number of carbonyl (C=O) groups is 1. The van der Waals surface area contributed by atoms with Gasteiger partial charge in [0.05, 0.1) is 17.5 Å². The molecular formula is C22H25F2N3O2. The van der Waals surface area contributed by atoms with Crippen LogP contribution in [-0.4, -0.2) is 40.6 Å². The molecule has 3 heterocycles. The van der Waals surface area contributed by atoms with E-state index in [1.165, 1.54) is 12.1 Å². The van der Waals surface area contributed by atoms with Crippen molar-refractivity contribution in [2.75, 3.05) is 18.4 Å². The number of hydrogen-bond acceptors (Lipinski definition) is 4. The van der Waals surface area contributed by atoms with Crippen molar-refractivity contribution < 1.29 is 18.3 Å². The van der Waals surface area contributed by atoms with Gasteiger partial charge in [0.25, 0.3) is 5.91 Å². The van der Waals surface area contributed by atoms with Crippen LogP contribution in [0, 0.1) is 17.6 Å². The Morgan fingerprint density at radius 1 is 1.31 bits per heavy atom. The van der Waals surface area contributed by atoms with E-state index in [0.29, 0.717) is 18.7 Å². The summed E-state index contributed by atoms with van der Waals surface area (Å²) in [6.45, 7) is 4.29. The fraction of sp³-hybridized carbons (Fsp3) is 0.455. The summed E-state index contributed by atoms with van der Waals surface area (Å²) in [6.07, 6.45) is 5.16. The first kappa shape index (κ1) is 19.9. The standard InChI is InChI=1S/C22H25F2N3O2/c1-15-13-27(14-16-4-5-18(23)19(24)11-16)10-8-22(15)7-6-20(29-22)21(28)26-17-3-2-9-25-12-17/h2-5,9,11-12,15,20H,6-8,10,13-14H2,1H3,(H,26,28). The molecule has 4 rings (SSSR count). The summed E-state index contributed by atoms with van der Waals surface area (Å²) < 4.78 is 32.9. The Morgan fingerprint density at radius 2 is 2.17 bits per heavy atom. The normalized spacial score (nSPS) is 27.3. The van der Waals surface area contributed by atoms with E-state index in [0.717, 1.165) is 31.5 Å². The number of nitrogens with one attached hydrogen (secondary N) is 1. The molecule has 2 fully saturated rings. The zero-order valence-corrected chi connectivity index (χ0v) is 16.4. The van der Waals surface area contributed by atoms with Crippen LogP contribution in [0.15, 0.2) is 42.7 Å². The predicted octanol–water partition coefficient (Wildman–Crippen LogP) is 3.76. The second-order valence-corrected chi connectivity index (χ2v) is 8.08. The van der Waals surface area contributed by atoms with Crippen molar-refractivity contribution in [1.82, 2.24) is 9.88 Å². The van der Waals surface area contributed by atoms with Gasteiger partial charge in [-0.2, -0.15) is 0 Å². The molecule has 0 radical (unpaired) electrons. The number of hydrogen-bond donors (Lipinski definition) is 1. The molecule has 1 amide bonds. The van der Waals surface area contributed by atoms with Gasteiger partial charge in [0, 0.05) is 25.8 Å². The van der Waals surface area contributed by atoms with E-state index in [1.54, 1.807) is 30.6 Å². The highest BCUT2D eigenvalue weighted by Crippen LogP contribution is 2.42. The molecule has 0 bridgehead atoms. The first-order chi connectivity index (χ1) is 13.9. The van der Waals surface area contributed by atoms with Crippen LogP contribution in [0.4, 0.5) is 14.5 Å². The molecule has 3 atom stereocenters. The van der Waals surface area contributed by atoms with E-state index in [9.17, 15) is 13.6 Å². The molecule has 7 heteroatoms. The van der Waals surface area contributed by atoms with Crippen molar-refractivity contribution in [2.24, 2.45) is 5.92 Å². The third-order valence-corrected chi connectivity index (χ3v) is 6.10. The van der Waals surface area contributed by atoms with E-state index in [-0.39, 0.29) is 17.4 Å². The van der Waals surface area contributed by atoms with Crippen molar-refractivity contribution in [1.29, 1.82) is 0 Å². The summed E-state index contributed by atoms with van der Waals surface area (Å²) in [7, 11) is 0.